The molecule has 0 aromatic carbocycles. The Morgan fingerprint density at radius 3 is 2.57 bits per heavy atom. The van der Waals surface area contributed by atoms with E-state index in [1.165, 1.54) is 0 Å². The van der Waals surface area contributed by atoms with Gasteiger partial charge in [-0.05, 0) is 24.0 Å². The zero-order chi connectivity index (χ0) is 17.5. The van der Waals surface area contributed by atoms with Gasteiger partial charge in [0.05, 0.1) is 16.9 Å². The van der Waals surface area contributed by atoms with Crippen molar-refractivity contribution < 1.29 is 14.7 Å². The summed E-state index contributed by atoms with van der Waals surface area (Å²) in [7, 11) is 0. The second kappa shape index (κ2) is 8.26. The molecule has 0 saturated heterocycles. The van der Waals surface area contributed by atoms with Crippen LogP contribution in [0.5, 0.6) is 0 Å². The molecule has 130 valence electrons. The molecule has 0 aliphatic carbocycles. The van der Waals surface area contributed by atoms with E-state index in [9.17, 15) is 9.90 Å². The Morgan fingerprint density at radius 1 is 1.35 bits per heavy atom. The number of hydrogen-bond donors (Lipinski definition) is 3. The average molecular weight is 323 g/mol. The molecule has 0 aliphatic rings. The van der Waals surface area contributed by atoms with Gasteiger partial charge < -0.3 is 10.4 Å². The number of rotatable bonds is 8. The van der Waals surface area contributed by atoms with E-state index in [2.05, 4.69) is 22.1 Å². The molecule has 1 amide bonds. The van der Waals surface area contributed by atoms with E-state index in [1.54, 1.807) is 0 Å². The minimum absolute atomic E-state index is 0.191. The van der Waals surface area contributed by atoms with E-state index in [-0.39, 0.29) is 12.0 Å². The van der Waals surface area contributed by atoms with Crippen LogP contribution in [0.3, 0.4) is 0 Å². The molecule has 1 rings (SSSR count). The van der Waals surface area contributed by atoms with E-state index >= 15 is 0 Å². The molecule has 1 heterocycles. The zero-order valence-electron chi connectivity index (χ0n) is 14.6. The molecule has 0 saturated carbocycles. The van der Waals surface area contributed by atoms with E-state index in [0.717, 1.165) is 19.3 Å². The average Bonchev–Trinajstić information content (AvgIpc) is 2.45. The Kier molecular flexibility index (Phi) is 6.97. The highest BCUT2D eigenvalue weighted by atomic mass is 16.6. The smallest absolute Gasteiger partial charge is 0.405 e. The zero-order valence-corrected chi connectivity index (χ0v) is 14.6. The second-order valence-corrected chi connectivity index (χ2v) is 6.87. The third-order valence-corrected chi connectivity index (χ3v) is 4.23. The SMILES string of the molecule is CCCCCC(NC(=O)O)(c1cccc(CON)n1)C(C)(C)C. The minimum Gasteiger partial charge on any atom is -0.465 e. The fraction of sp³-hybridized carbons (Fsp3) is 0.647. The molecule has 1 atom stereocenters. The number of carboxylic acid groups (broad SMARTS) is 1. The lowest BCUT2D eigenvalue weighted by atomic mass is 9.68. The Balaban J connectivity index is 3.34. The first-order valence-electron chi connectivity index (χ1n) is 8.06. The van der Waals surface area contributed by atoms with E-state index in [4.69, 9.17) is 5.90 Å². The first kappa shape index (κ1) is 19.4. The monoisotopic (exact) mass is 323 g/mol. The molecule has 0 bridgehead atoms. The number of unbranched alkanes of at least 4 members (excludes halogenated alkanes) is 2. The number of carbonyl (C=O) groups is 1. The van der Waals surface area contributed by atoms with Crippen molar-refractivity contribution in [1.29, 1.82) is 0 Å². The minimum atomic E-state index is -1.04. The van der Waals surface area contributed by atoms with Crippen LogP contribution in [0.25, 0.3) is 0 Å². The van der Waals surface area contributed by atoms with Crippen molar-refractivity contribution in [3.63, 3.8) is 0 Å². The normalized spacial score (nSPS) is 14.3. The molecule has 0 fully saturated rings. The Morgan fingerprint density at radius 2 is 2.04 bits per heavy atom. The van der Waals surface area contributed by atoms with Gasteiger partial charge in [0.2, 0.25) is 0 Å². The second-order valence-electron chi connectivity index (χ2n) is 6.87. The third kappa shape index (κ3) is 4.91. The van der Waals surface area contributed by atoms with Crippen molar-refractivity contribution in [1.82, 2.24) is 10.3 Å². The van der Waals surface area contributed by atoms with E-state index in [1.807, 2.05) is 39.0 Å². The number of hydrogen-bond acceptors (Lipinski definition) is 4. The van der Waals surface area contributed by atoms with Crippen molar-refractivity contribution in [2.24, 2.45) is 11.3 Å². The molecular weight excluding hydrogens is 294 g/mol. The van der Waals surface area contributed by atoms with Gasteiger partial charge in [-0.1, -0.05) is 53.0 Å². The van der Waals surface area contributed by atoms with Crippen molar-refractivity contribution in [3.05, 3.63) is 29.6 Å². The van der Waals surface area contributed by atoms with Gasteiger partial charge in [0, 0.05) is 0 Å². The van der Waals surface area contributed by atoms with E-state index in [0.29, 0.717) is 17.8 Å². The first-order chi connectivity index (χ1) is 10.8. The number of amides is 1. The van der Waals surface area contributed by atoms with Crippen molar-refractivity contribution in [3.8, 4) is 0 Å². The number of nitrogens with one attached hydrogen (secondary N) is 1. The van der Waals surface area contributed by atoms with Crippen LogP contribution < -0.4 is 11.2 Å². The van der Waals surface area contributed by atoms with Gasteiger partial charge in [-0.15, -0.1) is 0 Å². The standard InChI is InChI=1S/C17H29N3O3/c1-5-6-7-11-17(16(2,3)4,20-15(21)22)14-10-8-9-13(19-14)12-23-18/h8-10,20H,5-7,11-12,18H2,1-4H3,(H,21,22). The van der Waals surface area contributed by atoms with Crippen LogP contribution in [0.4, 0.5) is 4.79 Å². The highest BCUT2D eigenvalue weighted by molar-refractivity contribution is 5.66. The highest BCUT2D eigenvalue weighted by Crippen LogP contribution is 2.42. The fourth-order valence-corrected chi connectivity index (χ4v) is 2.91. The molecule has 0 aliphatic heterocycles. The van der Waals surface area contributed by atoms with Crippen molar-refractivity contribution in [2.45, 2.75) is 65.5 Å². The predicted molar refractivity (Wildman–Crippen MR) is 89.6 cm³/mol. The topological polar surface area (TPSA) is 97.5 Å². The summed E-state index contributed by atoms with van der Waals surface area (Å²) in [6.45, 7) is 8.41. The number of nitrogens with two attached hydrogens (primary N) is 1. The first-order valence-corrected chi connectivity index (χ1v) is 8.06. The molecule has 1 aromatic heterocycles. The maximum Gasteiger partial charge on any atom is 0.405 e. The van der Waals surface area contributed by atoms with Gasteiger partial charge in [-0.2, -0.15) is 0 Å². The summed E-state index contributed by atoms with van der Waals surface area (Å²) in [5.41, 5.74) is 0.284. The largest absolute Gasteiger partial charge is 0.465 e. The van der Waals surface area contributed by atoms with E-state index < -0.39 is 11.6 Å². The molecule has 0 radical (unpaired) electrons. The molecule has 6 nitrogen and oxygen atoms in total. The van der Waals surface area contributed by atoms with Crippen LogP contribution in [0.2, 0.25) is 0 Å². The quantitative estimate of drug-likeness (QED) is 0.502. The lowest BCUT2D eigenvalue weighted by molar-refractivity contribution is 0.0998. The summed E-state index contributed by atoms with van der Waals surface area (Å²) in [6, 6.07) is 5.55. The van der Waals surface area contributed by atoms with Gasteiger partial charge in [0.15, 0.2) is 0 Å². The summed E-state index contributed by atoms with van der Waals surface area (Å²) in [4.78, 5) is 20.8. The van der Waals surface area contributed by atoms with Crippen LogP contribution in [0.15, 0.2) is 18.2 Å². The number of aromatic nitrogens is 1. The van der Waals surface area contributed by atoms with Gasteiger partial charge >= 0.3 is 6.09 Å². The Bertz CT molecular complexity index is 514. The van der Waals surface area contributed by atoms with Crippen molar-refractivity contribution in [2.75, 3.05) is 0 Å². The Labute approximate surface area is 138 Å². The molecule has 1 aromatic rings. The van der Waals surface area contributed by atoms with Crippen LogP contribution >= 0.6 is 0 Å². The van der Waals surface area contributed by atoms with Gasteiger partial charge in [-0.3, -0.25) is 9.82 Å². The summed E-state index contributed by atoms with van der Waals surface area (Å²) < 4.78 is 0. The van der Waals surface area contributed by atoms with Gasteiger partial charge in [0.25, 0.3) is 0 Å². The van der Waals surface area contributed by atoms with Gasteiger partial charge in [-0.25, -0.2) is 10.7 Å². The molecule has 6 heteroatoms. The molecule has 23 heavy (non-hydrogen) atoms. The third-order valence-electron chi connectivity index (χ3n) is 4.23. The molecular formula is C17H29N3O3. The Hall–Kier alpha value is -1.66. The van der Waals surface area contributed by atoms with Crippen LogP contribution in [0.1, 0.15) is 64.8 Å². The molecule has 0 spiro atoms. The number of nitrogens with zero attached hydrogens (tertiary/aromatic N) is 1. The van der Waals surface area contributed by atoms with Crippen LogP contribution in [-0.4, -0.2) is 16.2 Å². The van der Waals surface area contributed by atoms with Crippen LogP contribution in [-0.2, 0) is 17.0 Å². The summed E-state index contributed by atoms with van der Waals surface area (Å²) in [5.74, 6) is 5.13. The number of pyridine rings is 1. The van der Waals surface area contributed by atoms with Gasteiger partial charge in [0.1, 0.15) is 6.61 Å². The summed E-state index contributed by atoms with van der Waals surface area (Å²) in [5, 5.41) is 12.2. The highest BCUT2D eigenvalue weighted by Gasteiger charge is 2.45. The predicted octanol–water partition coefficient (Wildman–Crippen LogP) is 3.56. The summed E-state index contributed by atoms with van der Waals surface area (Å²) in [6.07, 6.45) is 2.69. The summed E-state index contributed by atoms with van der Waals surface area (Å²) >= 11 is 0. The maximum absolute atomic E-state index is 11.5. The molecule has 4 N–H and O–H groups in total. The van der Waals surface area contributed by atoms with Crippen LogP contribution in [0, 0.1) is 5.41 Å². The fourth-order valence-electron chi connectivity index (χ4n) is 2.91. The van der Waals surface area contributed by atoms with Crippen molar-refractivity contribution >= 4 is 6.09 Å². The lowest BCUT2D eigenvalue weighted by Gasteiger charge is -2.44. The maximum atomic E-state index is 11.5. The molecule has 1 unspecified atom stereocenters. The lowest BCUT2D eigenvalue weighted by Crippen LogP contribution is -2.54.